The van der Waals surface area contributed by atoms with Crippen LogP contribution in [-0.4, -0.2) is 13.0 Å². The van der Waals surface area contributed by atoms with Gasteiger partial charge < -0.3 is 10.1 Å². The van der Waals surface area contributed by atoms with E-state index in [4.69, 9.17) is 4.74 Å². The average molecular weight is 337 g/mol. The van der Waals surface area contributed by atoms with Gasteiger partial charge in [-0.1, -0.05) is 18.2 Å². The summed E-state index contributed by atoms with van der Waals surface area (Å²) in [4.78, 5) is 12.7. The van der Waals surface area contributed by atoms with Gasteiger partial charge in [0, 0.05) is 5.56 Å². The van der Waals surface area contributed by atoms with E-state index in [1.807, 2.05) is 19.1 Å². The van der Waals surface area contributed by atoms with Gasteiger partial charge in [0.1, 0.15) is 5.75 Å². The molecule has 1 amide bonds. The van der Waals surface area contributed by atoms with E-state index in [1.165, 1.54) is 16.7 Å². The fraction of sp³-hybridized carbons (Fsp3) is 0.318. The van der Waals surface area contributed by atoms with Crippen molar-refractivity contribution in [2.45, 2.75) is 40.2 Å². The van der Waals surface area contributed by atoms with Crippen molar-refractivity contribution in [2.75, 3.05) is 7.11 Å². The van der Waals surface area contributed by atoms with Crippen LogP contribution in [0, 0.1) is 20.8 Å². The number of allylic oxidation sites excluding steroid dienone is 1. The first-order chi connectivity index (χ1) is 11.9. The lowest BCUT2D eigenvalue weighted by atomic mass is 9.96. The van der Waals surface area contributed by atoms with Gasteiger partial charge in [-0.15, -0.1) is 6.58 Å². The first-order valence-electron chi connectivity index (χ1n) is 8.53. The molecule has 0 aromatic heterocycles. The number of methoxy groups -OCH3 is 1. The summed E-state index contributed by atoms with van der Waals surface area (Å²) in [6.07, 6.45) is 2.47. The van der Waals surface area contributed by atoms with Crippen molar-refractivity contribution in [2.24, 2.45) is 0 Å². The number of benzene rings is 2. The first-order valence-corrected chi connectivity index (χ1v) is 8.53. The van der Waals surface area contributed by atoms with Crippen LogP contribution < -0.4 is 10.1 Å². The summed E-state index contributed by atoms with van der Waals surface area (Å²) in [5.41, 5.74) is 6.43. The molecule has 0 bridgehead atoms. The Labute approximate surface area is 150 Å². The third-order valence-electron chi connectivity index (χ3n) is 4.60. The van der Waals surface area contributed by atoms with E-state index in [0.717, 1.165) is 16.9 Å². The minimum atomic E-state index is -0.0851. The maximum Gasteiger partial charge on any atom is 0.251 e. The summed E-state index contributed by atoms with van der Waals surface area (Å²) < 4.78 is 5.34. The molecule has 132 valence electrons. The molecular formula is C22H27NO2. The predicted molar refractivity (Wildman–Crippen MR) is 103 cm³/mol. The van der Waals surface area contributed by atoms with E-state index in [0.29, 0.717) is 12.0 Å². The van der Waals surface area contributed by atoms with E-state index in [-0.39, 0.29) is 11.9 Å². The topological polar surface area (TPSA) is 38.3 Å². The maximum atomic E-state index is 12.7. The molecule has 0 saturated carbocycles. The van der Waals surface area contributed by atoms with Crippen LogP contribution in [0.1, 0.15) is 51.1 Å². The van der Waals surface area contributed by atoms with Gasteiger partial charge in [0.05, 0.1) is 13.2 Å². The molecule has 1 N–H and O–H groups in total. The molecule has 0 aliphatic heterocycles. The normalized spacial score (nSPS) is 11.7. The molecule has 0 unspecified atom stereocenters. The van der Waals surface area contributed by atoms with Crippen LogP contribution in [0.5, 0.6) is 5.75 Å². The third kappa shape index (κ3) is 4.30. The van der Waals surface area contributed by atoms with E-state index in [9.17, 15) is 4.79 Å². The van der Waals surface area contributed by atoms with Crippen LogP contribution in [0.25, 0.3) is 0 Å². The Morgan fingerprint density at radius 2 is 1.84 bits per heavy atom. The number of aryl methyl sites for hydroxylation is 3. The minimum Gasteiger partial charge on any atom is -0.496 e. The number of ether oxygens (including phenoxy) is 1. The Hall–Kier alpha value is -2.55. The van der Waals surface area contributed by atoms with Crippen molar-refractivity contribution in [3.05, 3.63) is 76.4 Å². The zero-order valence-corrected chi connectivity index (χ0v) is 15.8. The van der Waals surface area contributed by atoms with Crippen molar-refractivity contribution in [1.82, 2.24) is 5.32 Å². The molecule has 2 aromatic carbocycles. The highest BCUT2D eigenvalue weighted by molar-refractivity contribution is 5.94. The van der Waals surface area contributed by atoms with Crippen LogP contribution in [-0.2, 0) is 6.42 Å². The van der Waals surface area contributed by atoms with Gasteiger partial charge in [-0.25, -0.2) is 0 Å². The van der Waals surface area contributed by atoms with Gasteiger partial charge in [0.25, 0.3) is 5.91 Å². The van der Waals surface area contributed by atoms with E-state index in [1.54, 1.807) is 19.3 Å². The molecule has 3 heteroatoms. The molecule has 3 nitrogen and oxygen atoms in total. The molecule has 2 aromatic rings. The van der Waals surface area contributed by atoms with Crippen molar-refractivity contribution in [1.29, 1.82) is 0 Å². The summed E-state index contributed by atoms with van der Waals surface area (Å²) in [6, 6.07) is 9.77. The molecule has 25 heavy (non-hydrogen) atoms. The van der Waals surface area contributed by atoms with Gasteiger partial charge in [-0.05, 0) is 80.1 Å². The molecule has 0 heterocycles. The summed E-state index contributed by atoms with van der Waals surface area (Å²) >= 11 is 0. The molecule has 0 aliphatic carbocycles. The highest BCUT2D eigenvalue weighted by atomic mass is 16.5. The van der Waals surface area contributed by atoms with E-state index < -0.39 is 0 Å². The maximum absolute atomic E-state index is 12.7. The van der Waals surface area contributed by atoms with Crippen molar-refractivity contribution in [3.8, 4) is 5.75 Å². The number of hydrogen-bond donors (Lipinski definition) is 1. The van der Waals surface area contributed by atoms with Crippen LogP contribution in [0.3, 0.4) is 0 Å². The van der Waals surface area contributed by atoms with Crippen molar-refractivity contribution in [3.63, 3.8) is 0 Å². The fourth-order valence-corrected chi connectivity index (χ4v) is 3.04. The Morgan fingerprint density at radius 3 is 2.48 bits per heavy atom. The van der Waals surface area contributed by atoms with Gasteiger partial charge in [0.15, 0.2) is 0 Å². The molecule has 0 fully saturated rings. The summed E-state index contributed by atoms with van der Waals surface area (Å²) in [5.74, 6) is 0.688. The zero-order chi connectivity index (χ0) is 18.6. The predicted octanol–water partition coefficient (Wildman–Crippen LogP) is 4.84. The minimum absolute atomic E-state index is 0.0586. The van der Waals surface area contributed by atoms with Gasteiger partial charge in [-0.3, -0.25) is 4.79 Å². The first kappa shape index (κ1) is 18.8. The summed E-state index contributed by atoms with van der Waals surface area (Å²) in [6.45, 7) is 12.1. The number of rotatable bonds is 6. The van der Waals surface area contributed by atoms with Gasteiger partial charge in [0.2, 0.25) is 0 Å². The smallest absolute Gasteiger partial charge is 0.251 e. The largest absolute Gasteiger partial charge is 0.496 e. The Balaban J connectivity index is 2.23. The Kier molecular flexibility index (Phi) is 6.02. The Bertz CT molecular complexity index is 793. The molecule has 0 spiro atoms. The number of carbonyl (C=O) groups excluding carboxylic acids is 1. The second-order valence-corrected chi connectivity index (χ2v) is 6.51. The van der Waals surface area contributed by atoms with Gasteiger partial charge in [-0.2, -0.15) is 0 Å². The number of amides is 1. The zero-order valence-electron chi connectivity index (χ0n) is 15.8. The lowest BCUT2D eigenvalue weighted by Gasteiger charge is -2.19. The molecule has 0 aliphatic rings. The van der Waals surface area contributed by atoms with Crippen LogP contribution >= 0.6 is 0 Å². The fourth-order valence-electron chi connectivity index (χ4n) is 3.04. The molecule has 0 radical (unpaired) electrons. The highest BCUT2D eigenvalue weighted by Gasteiger charge is 2.15. The monoisotopic (exact) mass is 337 g/mol. The second-order valence-electron chi connectivity index (χ2n) is 6.51. The van der Waals surface area contributed by atoms with Crippen molar-refractivity contribution >= 4 is 5.91 Å². The standard InChI is InChI=1S/C22H27NO2/c1-7-8-18-13-19(9-10-21(18)25-6)22(24)23-17(5)20-12-15(3)14(2)11-16(20)4/h7,9-13,17H,1,8H2,2-6H3,(H,23,24)/t17-/m1/s1. The van der Waals surface area contributed by atoms with Crippen molar-refractivity contribution < 1.29 is 9.53 Å². The van der Waals surface area contributed by atoms with Crippen LogP contribution in [0.2, 0.25) is 0 Å². The van der Waals surface area contributed by atoms with E-state index >= 15 is 0 Å². The molecular weight excluding hydrogens is 310 g/mol. The van der Waals surface area contributed by atoms with Crippen LogP contribution in [0.4, 0.5) is 0 Å². The quantitative estimate of drug-likeness (QED) is 0.766. The second kappa shape index (κ2) is 8.02. The lowest BCUT2D eigenvalue weighted by Crippen LogP contribution is -2.27. The number of nitrogens with one attached hydrogen (secondary N) is 1. The molecule has 1 atom stereocenters. The SMILES string of the molecule is C=CCc1cc(C(=O)N[C@H](C)c2cc(C)c(C)cc2C)ccc1OC. The lowest BCUT2D eigenvalue weighted by molar-refractivity contribution is 0.0939. The average Bonchev–Trinajstić information content (AvgIpc) is 2.58. The summed E-state index contributed by atoms with van der Waals surface area (Å²) in [7, 11) is 1.63. The summed E-state index contributed by atoms with van der Waals surface area (Å²) in [5, 5.41) is 3.10. The number of hydrogen-bond acceptors (Lipinski definition) is 2. The van der Waals surface area contributed by atoms with Gasteiger partial charge >= 0.3 is 0 Å². The Morgan fingerprint density at radius 1 is 1.16 bits per heavy atom. The number of carbonyl (C=O) groups is 1. The van der Waals surface area contributed by atoms with E-state index in [2.05, 4.69) is 44.8 Å². The van der Waals surface area contributed by atoms with Crippen LogP contribution in [0.15, 0.2) is 43.0 Å². The molecule has 2 rings (SSSR count). The molecule has 0 saturated heterocycles. The highest BCUT2D eigenvalue weighted by Crippen LogP contribution is 2.24. The third-order valence-corrected chi connectivity index (χ3v) is 4.60.